The number of hydrogen-bond acceptors (Lipinski definition) is 7. The summed E-state index contributed by atoms with van der Waals surface area (Å²) in [6.45, 7) is 25.1. The van der Waals surface area contributed by atoms with Crippen LogP contribution in [0.3, 0.4) is 0 Å². The number of benzene rings is 1. The number of nitrogens with one attached hydrogen (secondary N) is 2. The number of hydrogen-bond donors (Lipinski definition) is 3. The van der Waals surface area contributed by atoms with Crippen molar-refractivity contribution < 1.29 is 19.1 Å². The van der Waals surface area contributed by atoms with Crippen LogP contribution >= 0.6 is 11.6 Å². The number of halogens is 1. The second-order valence-corrected chi connectivity index (χ2v) is 12.9. The summed E-state index contributed by atoms with van der Waals surface area (Å²) in [6, 6.07) is 5.12. The lowest BCUT2D eigenvalue weighted by atomic mass is 9.88. The zero-order valence-corrected chi connectivity index (χ0v) is 30.4. The van der Waals surface area contributed by atoms with Crippen LogP contribution in [-0.4, -0.2) is 79.8 Å². The predicted molar refractivity (Wildman–Crippen MR) is 195 cm³/mol. The Hall–Kier alpha value is -3.76. The molecule has 2 amide bonds. The van der Waals surface area contributed by atoms with Crippen LogP contribution in [0.5, 0.6) is 0 Å². The summed E-state index contributed by atoms with van der Waals surface area (Å²) in [4.78, 5) is 33.6. The monoisotopic (exact) mass is 672 g/mol. The third-order valence-corrected chi connectivity index (χ3v) is 7.70. The maximum Gasteiger partial charge on any atom is 0.409 e. The third kappa shape index (κ3) is 15.1. The number of nitrogens with zero attached hydrogens (tertiary/aromatic N) is 3. The number of amides is 2. The van der Waals surface area contributed by atoms with Gasteiger partial charge in [0, 0.05) is 50.5 Å². The van der Waals surface area contributed by atoms with Gasteiger partial charge in [0.05, 0.1) is 19.0 Å². The van der Waals surface area contributed by atoms with E-state index in [2.05, 4.69) is 33.7 Å². The SMILES string of the molecule is C/C=C\N.C=C(C)C[C@H](c1ccc(Cl)cc1C(=C)[C@H](/C=C/NC=NC)NC(=O)OC(C)(C)CC)N1CCN(C(=O)OCC(C)C)CC1. The quantitative estimate of drug-likeness (QED) is 0.108. The van der Waals surface area contributed by atoms with Gasteiger partial charge < -0.3 is 30.7 Å². The molecule has 1 aliphatic rings. The first kappa shape index (κ1) is 41.3. The molecule has 0 radical (unpaired) electrons. The van der Waals surface area contributed by atoms with Gasteiger partial charge in [-0.15, -0.1) is 6.58 Å². The fourth-order valence-corrected chi connectivity index (χ4v) is 4.75. The summed E-state index contributed by atoms with van der Waals surface area (Å²) >= 11 is 6.53. The van der Waals surface area contributed by atoms with Crippen LogP contribution in [0.2, 0.25) is 5.02 Å². The topological polar surface area (TPSA) is 122 Å². The summed E-state index contributed by atoms with van der Waals surface area (Å²) in [5, 5.41) is 6.48. The molecule has 0 saturated carbocycles. The molecule has 1 aromatic rings. The summed E-state index contributed by atoms with van der Waals surface area (Å²) in [5.41, 5.74) is 7.74. The summed E-state index contributed by atoms with van der Waals surface area (Å²) in [5.74, 6) is 0.283. The smallest absolute Gasteiger partial charge is 0.409 e. The normalized spacial score (nSPS) is 15.3. The highest BCUT2D eigenvalue weighted by Gasteiger charge is 2.31. The number of piperazine rings is 1. The maximum atomic E-state index is 13.0. The Morgan fingerprint density at radius 3 is 2.36 bits per heavy atom. The molecule has 0 bridgehead atoms. The Labute approximate surface area is 287 Å². The first-order valence-corrected chi connectivity index (χ1v) is 16.5. The molecule has 2 atom stereocenters. The molecule has 47 heavy (non-hydrogen) atoms. The molecule has 0 aliphatic carbocycles. The van der Waals surface area contributed by atoms with Crippen LogP contribution < -0.4 is 16.4 Å². The number of aliphatic imine (C=N–C) groups is 1. The van der Waals surface area contributed by atoms with Gasteiger partial charge in [-0.2, -0.15) is 0 Å². The first-order valence-electron chi connectivity index (χ1n) is 16.1. The Morgan fingerprint density at radius 1 is 1.19 bits per heavy atom. The number of allylic oxidation sites excluding steroid dienone is 1. The number of rotatable bonds is 14. The fraction of sp³-hybridized carbons (Fsp3) is 0.528. The highest BCUT2D eigenvalue weighted by molar-refractivity contribution is 6.30. The van der Waals surface area contributed by atoms with E-state index in [1.54, 1.807) is 36.6 Å². The Kier molecular flexibility index (Phi) is 18.6. The molecule has 4 N–H and O–H groups in total. The minimum absolute atomic E-state index is 0.0451. The van der Waals surface area contributed by atoms with Gasteiger partial charge in [-0.05, 0) is 87.6 Å². The van der Waals surface area contributed by atoms with Gasteiger partial charge >= 0.3 is 12.2 Å². The van der Waals surface area contributed by atoms with E-state index in [1.807, 2.05) is 66.7 Å². The van der Waals surface area contributed by atoms with Gasteiger partial charge in [0.1, 0.15) is 5.60 Å². The lowest BCUT2D eigenvalue weighted by molar-refractivity contribution is 0.0360. The highest BCUT2D eigenvalue weighted by Crippen LogP contribution is 2.36. The molecule has 2 rings (SSSR count). The fourth-order valence-electron chi connectivity index (χ4n) is 4.58. The van der Waals surface area contributed by atoms with E-state index in [0.717, 1.165) is 16.7 Å². The standard InChI is InChI=1S/C33H50ClN5O4.C3H7N/c1-10-33(7,8)43-31(40)37-29(13-14-36-22-35-9)25(6)28-20-26(34)11-12-27(28)30(19-23(2)3)38-15-17-39(18-16-38)32(41)42-21-24(4)5;1-2-3-4/h11-14,20,22,24,29-30H,2,6,10,15-19,21H2,1,3-5,7-9H3,(H,35,36)(H,37,40);2-3H,4H2,1H3/b14-13+;3-2-/t29-,30+;/m0./s1. The van der Waals surface area contributed by atoms with E-state index in [9.17, 15) is 9.59 Å². The van der Waals surface area contributed by atoms with Crippen molar-refractivity contribution in [2.24, 2.45) is 16.6 Å². The molecule has 1 aliphatic heterocycles. The molecule has 0 spiro atoms. The number of carbonyl (C=O) groups is 2. The van der Waals surface area contributed by atoms with Crippen LogP contribution in [0.1, 0.15) is 78.5 Å². The van der Waals surface area contributed by atoms with Crippen molar-refractivity contribution in [2.45, 2.75) is 79.0 Å². The van der Waals surface area contributed by atoms with E-state index in [0.29, 0.717) is 56.2 Å². The van der Waals surface area contributed by atoms with Crippen molar-refractivity contribution in [1.82, 2.24) is 20.4 Å². The van der Waals surface area contributed by atoms with E-state index >= 15 is 0 Å². The van der Waals surface area contributed by atoms with Crippen LogP contribution in [-0.2, 0) is 9.47 Å². The number of alkyl carbamates (subject to hydrolysis) is 1. The zero-order chi connectivity index (χ0) is 35.6. The van der Waals surface area contributed by atoms with E-state index in [1.165, 1.54) is 6.20 Å². The van der Waals surface area contributed by atoms with Gasteiger partial charge in [-0.3, -0.25) is 9.89 Å². The van der Waals surface area contributed by atoms with E-state index in [-0.39, 0.29) is 18.1 Å². The number of carbonyl (C=O) groups excluding carboxylic acids is 2. The minimum atomic E-state index is -0.621. The van der Waals surface area contributed by atoms with Gasteiger partial charge in [-0.1, -0.05) is 56.7 Å². The first-order chi connectivity index (χ1) is 22.2. The molecule has 1 heterocycles. The predicted octanol–water partition coefficient (Wildman–Crippen LogP) is 7.29. The molecule has 0 aromatic heterocycles. The van der Waals surface area contributed by atoms with Crippen LogP contribution in [0.15, 0.2) is 66.5 Å². The van der Waals surface area contributed by atoms with Crippen LogP contribution in [0.4, 0.5) is 9.59 Å². The lowest BCUT2D eigenvalue weighted by Crippen LogP contribution is -2.50. The average Bonchev–Trinajstić information content (AvgIpc) is 3.03. The highest BCUT2D eigenvalue weighted by atomic mass is 35.5. The van der Waals surface area contributed by atoms with Gasteiger partial charge in [0.2, 0.25) is 0 Å². The Bertz CT molecular complexity index is 1250. The van der Waals surface area contributed by atoms with Crippen molar-refractivity contribution in [3.63, 3.8) is 0 Å². The molecule has 11 heteroatoms. The van der Waals surface area contributed by atoms with Crippen molar-refractivity contribution >= 4 is 35.7 Å². The zero-order valence-electron chi connectivity index (χ0n) is 29.6. The molecule has 0 unspecified atom stereocenters. The van der Waals surface area contributed by atoms with Crippen LogP contribution in [0, 0.1) is 5.92 Å². The molecule has 1 fully saturated rings. The number of nitrogens with two attached hydrogens (primary N) is 1. The van der Waals surface area contributed by atoms with Crippen molar-refractivity contribution in [3.8, 4) is 0 Å². The van der Waals surface area contributed by atoms with Gasteiger partial charge in [0.15, 0.2) is 0 Å². The molecular weight excluding hydrogens is 616 g/mol. The molecule has 262 valence electrons. The summed E-state index contributed by atoms with van der Waals surface area (Å²) < 4.78 is 11.1. The largest absolute Gasteiger partial charge is 0.449 e. The average molecular weight is 673 g/mol. The van der Waals surface area contributed by atoms with Crippen molar-refractivity contribution in [3.05, 3.63) is 77.6 Å². The van der Waals surface area contributed by atoms with Gasteiger partial charge in [-0.25, -0.2) is 9.59 Å². The van der Waals surface area contributed by atoms with Crippen LogP contribution in [0.25, 0.3) is 5.57 Å². The van der Waals surface area contributed by atoms with E-state index < -0.39 is 17.7 Å². The summed E-state index contributed by atoms with van der Waals surface area (Å²) in [7, 11) is 1.66. The lowest BCUT2D eigenvalue weighted by Gasteiger charge is -2.40. The molecule has 10 nitrogen and oxygen atoms in total. The third-order valence-electron chi connectivity index (χ3n) is 7.47. The summed E-state index contributed by atoms with van der Waals surface area (Å²) in [6.07, 6.45) is 8.86. The second kappa shape index (κ2) is 21.2. The van der Waals surface area contributed by atoms with Crippen molar-refractivity contribution in [1.29, 1.82) is 0 Å². The van der Waals surface area contributed by atoms with Crippen molar-refractivity contribution in [2.75, 3.05) is 39.8 Å². The molecule has 1 aromatic carbocycles. The minimum Gasteiger partial charge on any atom is -0.449 e. The molecular formula is C36H57ClN6O4. The number of ether oxygens (including phenoxy) is 2. The van der Waals surface area contributed by atoms with E-state index in [4.69, 9.17) is 26.8 Å². The second-order valence-electron chi connectivity index (χ2n) is 12.5. The van der Waals surface area contributed by atoms with Gasteiger partial charge in [0.25, 0.3) is 0 Å². The Balaban J connectivity index is 0.00000260. The Morgan fingerprint density at radius 2 is 1.83 bits per heavy atom. The molecule has 1 saturated heterocycles. The maximum absolute atomic E-state index is 13.0.